The minimum Gasteiger partial charge on any atom is -0.378 e. The number of carbonyl (C=O) groups excluding carboxylic acids is 1. The van der Waals surface area contributed by atoms with Crippen LogP contribution in [0.25, 0.3) is 0 Å². The molecule has 1 amide bonds. The van der Waals surface area contributed by atoms with Crippen LogP contribution in [0.3, 0.4) is 0 Å². The zero-order chi connectivity index (χ0) is 10.7. The minimum atomic E-state index is 0.0402. The predicted molar refractivity (Wildman–Crippen MR) is 55.1 cm³/mol. The lowest BCUT2D eigenvalue weighted by Crippen LogP contribution is -2.49. The number of carbonyl (C=O) groups is 1. The number of nitrogens with one attached hydrogen (secondary N) is 1. The average molecular weight is 200 g/mol. The molecule has 1 aliphatic rings. The van der Waals surface area contributed by atoms with E-state index in [1.165, 1.54) is 0 Å². The van der Waals surface area contributed by atoms with E-state index in [4.69, 9.17) is 4.74 Å². The van der Waals surface area contributed by atoms with Crippen molar-refractivity contribution in [3.8, 4) is 0 Å². The Balaban J connectivity index is 2.47. The van der Waals surface area contributed by atoms with Crippen LogP contribution in [-0.4, -0.2) is 50.2 Å². The lowest BCUT2D eigenvalue weighted by Gasteiger charge is -2.25. The van der Waals surface area contributed by atoms with Gasteiger partial charge in [0.1, 0.15) is 0 Å². The molecule has 82 valence electrons. The molecule has 1 saturated heterocycles. The quantitative estimate of drug-likeness (QED) is 0.702. The minimum absolute atomic E-state index is 0.0402. The van der Waals surface area contributed by atoms with Gasteiger partial charge in [0.15, 0.2) is 0 Å². The zero-order valence-corrected chi connectivity index (χ0v) is 9.41. The molecule has 4 heteroatoms. The molecule has 1 fully saturated rings. The van der Waals surface area contributed by atoms with E-state index in [-0.39, 0.29) is 17.9 Å². The SMILES string of the molecule is CC(C)C(=O)N[C@H]1COCC1N(C)C. The first-order chi connectivity index (χ1) is 6.52. The first kappa shape index (κ1) is 11.5. The van der Waals surface area contributed by atoms with Gasteiger partial charge >= 0.3 is 0 Å². The molecule has 0 bridgehead atoms. The number of amides is 1. The van der Waals surface area contributed by atoms with Gasteiger partial charge in [0.25, 0.3) is 0 Å². The van der Waals surface area contributed by atoms with Crippen LogP contribution in [0.15, 0.2) is 0 Å². The molecule has 0 radical (unpaired) electrons. The number of rotatable bonds is 3. The maximum absolute atomic E-state index is 11.5. The fourth-order valence-corrected chi connectivity index (χ4v) is 1.54. The van der Waals surface area contributed by atoms with Gasteiger partial charge in [-0.2, -0.15) is 0 Å². The van der Waals surface area contributed by atoms with Crippen LogP contribution >= 0.6 is 0 Å². The third-order valence-corrected chi connectivity index (χ3v) is 2.57. The molecule has 0 aromatic heterocycles. The Morgan fingerprint density at radius 3 is 2.57 bits per heavy atom. The van der Waals surface area contributed by atoms with Crippen LogP contribution in [0.2, 0.25) is 0 Å². The molecular formula is C10H20N2O2. The molecule has 0 saturated carbocycles. The van der Waals surface area contributed by atoms with E-state index in [1.54, 1.807) is 0 Å². The van der Waals surface area contributed by atoms with Crippen LogP contribution in [0.4, 0.5) is 0 Å². The van der Waals surface area contributed by atoms with Gasteiger partial charge in [-0.15, -0.1) is 0 Å². The molecule has 1 unspecified atom stereocenters. The molecule has 2 atom stereocenters. The smallest absolute Gasteiger partial charge is 0.222 e. The Morgan fingerprint density at radius 1 is 1.43 bits per heavy atom. The van der Waals surface area contributed by atoms with Gasteiger partial charge in [0, 0.05) is 5.92 Å². The van der Waals surface area contributed by atoms with Crippen LogP contribution in [0.5, 0.6) is 0 Å². The number of likely N-dealkylation sites (N-methyl/N-ethyl adjacent to an activating group) is 1. The fourth-order valence-electron chi connectivity index (χ4n) is 1.54. The Bertz CT molecular complexity index is 204. The standard InChI is InChI=1S/C10H20N2O2/c1-7(2)10(13)11-8-5-14-6-9(8)12(3)4/h7-9H,5-6H2,1-4H3,(H,11,13)/t8-,9?/m0/s1. The normalized spacial score (nSPS) is 27.3. The summed E-state index contributed by atoms with van der Waals surface area (Å²) in [5, 5.41) is 3.00. The summed E-state index contributed by atoms with van der Waals surface area (Å²) in [4.78, 5) is 13.6. The molecule has 1 aliphatic heterocycles. The lowest BCUT2D eigenvalue weighted by atomic mass is 10.1. The van der Waals surface area contributed by atoms with Crippen LogP contribution in [0, 0.1) is 5.92 Å². The third-order valence-electron chi connectivity index (χ3n) is 2.57. The van der Waals surface area contributed by atoms with Crippen molar-refractivity contribution >= 4 is 5.91 Å². The van der Waals surface area contributed by atoms with E-state index in [9.17, 15) is 4.79 Å². The van der Waals surface area contributed by atoms with Gasteiger partial charge in [-0.25, -0.2) is 0 Å². The van der Waals surface area contributed by atoms with Crippen LogP contribution in [-0.2, 0) is 9.53 Å². The highest BCUT2D eigenvalue weighted by Crippen LogP contribution is 2.11. The first-order valence-corrected chi connectivity index (χ1v) is 5.07. The van der Waals surface area contributed by atoms with Gasteiger partial charge < -0.3 is 15.0 Å². The highest BCUT2D eigenvalue weighted by Gasteiger charge is 2.31. The molecule has 4 nitrogen and oxygen atoms in total. The Hall–Kier alpha value is -0.610. The van der Waals surface area contributed by atoms with Gasteiger partial charge in [-0.05, 0) is 14.1 Å². The van der Waals surface area contributed by atoms with Gasteiger partial charge in [0.2, 0.25) is 5.91 Å². The maximum atomic E-state index is 11.5. The van der Waals surface area contributed by atoms with Crippen molar-refractivity contribution in [1.29, 1.82) is 0 Å². The molecule has 14 heavy (non-hydrogen) atoms. The summed E-state index contributed by atoms with van der Waals surface area (Å²) in [6.07, 6.45) is 0. The van der Waals surface area contributed by atoms with Gasteiger partial charge in [-0.3, -0.25) is 4.79 Å². The van der Waals surface area contributed by atoms with Crippen molar-refractivity contribution in [1.82, 2.24) is 10.2 Å². The summed E-state index contributed by atoms with van der Waals surface area (Å²) in [6, 6.07) is 0.442. The van der Waals surface area contributed by atoms with E-state index >= 15 is 0 Å². The number of hydrogen-bond donors (Lipinski definition) is 1. The van der Waals surface area contributed by atoms with Crippen molar-refractivity contribution in [3.05, 3.63) is 0 Å². The Kier molecular flexibility index (Phi) is 3.89. The molecule has 1 N–H and O–H groups in total. The van der Waals surface area contributed by atoms with Crippen molar-refractivity contribution in [2.24, 2.45) is 5.92 Å². The molecule has 0 spiro atoms. The molecule has 0 aromatic rings. The lowest BCUT2D eigenvalue weighted by molar-refractivity contribution is -0.125. The van der Waals surface area contributed by atoms with E-state index in [0.717, 1.165) is 0 Å². The monoisotopic (exact) mass is 200 g/mol. The maximum Gasteiger partial charge on any atom is 0.222 e. The Morgan fingerprint density at radius 2 is 2.07 bits per heavy atom. The summed E-state index contributed by atoms with van der Waals surface area (Å²) in [5.74, 6) is 0.144. The van der Waals surface area contributed by atoms with Crippen molar-refractivity contribution in [2.75, 3.05) is 27.3 Å². The van der Waals surface area contributed by atoms with Gasteiger partial charge in [0.05, 0.1) is 25.3 Å². The van der Waals surface area contributed by atoms with Crippen molar-refractivity contribution in [3.63, 3.8) is 0 Å². The first-order valence-electron chi connectivity index (χ1n) is 5.07. The highest BCUT2D eigenvalue weighted by molar-refractivity contribution is 5.78. The van der Waals surface area contributed by atoms with Crippen LogP contribution in [0.1, 0.15) is 13.8 Å². The van der Waals surface area contributed by atoms with Crippen molar-refractivity contribution < 1.29 is 9.53 Å². The summed E-state index contributed by atoms with van der Waals surface area (Å²) in [5.41, 5.74) is 0. The predicted octanol–water partition coefficient (Wildman–Crippen LogP) is 0.0876. The summed E-state index contributed by atoms with van der Waals surface area (Å²) in [6.45, 7) is 5.13. The van der Waals surface area contributed by atoms with Gasteiger partial charge in [-0.1, -0.05) is 13.8 Å². The van der Waals surface area contributed by atoms with Crippen LogP contribution < -0.4 is 5.32 Å². The molecule has 1 rings (SSSR count). The second-order valence-electron chi connectivity index (χ2n) is 4.34. The van der Waals surface area contributed by atoms with Crippen molar-refractivity contribution in [2.45, 2.75) is 25.9 Å². The summed E-state index contributed by atoms with van der Waals surface area (Å²) < 4.78 is 5.36. The number of hydrogen-bond acceptors (Lipinski definition) is 3. The second-order valence-corrected chi connectivity index (χ2v) is 4.34. The molecular weight excluding hydrogens is 180 g/mol. The third kappa shape index (κ3) is 2.69. The topological polar surface area (TPSA) is 41.6 Å². The second kappa shape index (κ2) is 4.75. The summed E-state index contributed by atoms with van der Waals surface area (Å²) in [7, 11) is 4.02. The van der Waals surface area contributed by atoms with E-state index in [1.807, 2.05) is 27.9 Å². The van der Waals surface area contributed by atoms with E-state index < -0.39 is 0 Å². The van der Waals surface area contributed by atoms with E-state index in [0.29, 0.717) is 19.3 Å². The average Bonchev–Trinajstić information content (AvgIpc) is 2.52. The summed E-state index contributed by atoms with van der Waals surface area (Å²) >= 11 is 0. The molecule has 1 heterocycles. The molecule has 0 aliphatic carbocycles. The molecule has 0 aromatic carbocycles. The zero-order valence-electron chi connectivity index (χ0n) is 9.41. The largest absolute Gasteiger partial charge is 0.378 e. The fraction of sp³-hybridized carbons (Fsp3) is 0.900. The number of nitrogens with zero attached hydrogens (tertiary/aromatic N) is 1. The number of ether oxygens (including phenoxy) is 1. The van der Waals surface area contributed by atoms with E-state index in [2.05, 4.69) is 10.2 Å². The Labute approximate surface area is 85.6 Å². The highest BCUT2D eigenvalue weighted by atomic mass is 16.5.